The minimum atomic E-state index is -0.306. The summed E-state index contributed by atoms with van der Waals surface area (Å²) in [7, 11) is 0. The maximum atomic E-state index is 12.7. The molecular weight excluding hydrogens is 423 g/mol. The fourth-order valence-corrected chi connectivity index (χ4v) is 3.28. The van der Waals surface area contributed by atoms with Gasteiger partial charge in [0.25, 0.3) is 0 Å². The highest BCUT2D eigenvalue weighted by molar-refractivity contribution is 6.42. The predicted molar refractivity (Wildman–Crippen MR) is 120 cm³/mol. The number of carbonyl (C=O) groups is 2. The fourth-order valence-electron chi connectivity index (χ4n) is 2.99. The van der Waals surface area contributed by atoms with Gasteiger partial charge in [-0.05, 0) is 25.1 Å². The van der Waals surface area contributed by atoms with Gasteiger partial charge in [0.1, 0.15) is 5.82 Å². The van der Waals surface area contributed by atoms with E-state index in [1.807, 2.05) is 37.3 Å². The smallest absolute Gasteiger partial charge is 0.245 e. The molecule has 2 aromatic carbocycles. The van der Waals surface area contributed by atoms with Crippen molar-refractivity contribution in [1.82, 2.24) is 14.7 Å². The van der Waals surface area contributed by atoms with Gasteiger partial charge in [0, 0.05) is 24.6 Å². The van der Waals surface area contributed by atoms with Crippen LogP contribution in [0.4, 0.5) is 5.82 Å². The zero-order valence-corrected chi connectivity index (χ0v) is 18.2. The number of nitrogens with one attached hydrogen (secondary N) is 1. The second-order valence-corrected chi connectivity index (χ2v) is 7.42. The summed E-state index contributed by atoms with van der Waals surface area (Å²) in [6.45, 7) is 4.04. The molecule has 30 heavy (non-hydrogen) atoms. The van der Waals surface area contributed by atoms with Gasteiger partial charge in [0.2, 0.25) is 11.8 Å². The number of likely N-dealkylation sites (N-methyl/N-ethyl adjacent to an activating group) is 1. The highest BCUT2D eigenvalue weighted by Crippen LogP contribution is 2.28. The minimum Gasteiger partial charge on any atom is -0.334 e. The Morgan fingerprint density at radius 1 is 1.03 bits per heavy atom. The topological polar surface area (TPSA) is 67.2 Å². The number of hydrogen-bond acceptors (Lipinski definition) is 3. The van der Waals surface area contributed by atoms with Crippen molar-refractivity contribution in [2.75, 3.05) is 18.4 Å². The molecule has 0 radical (unpaired) electrons. The summed E-state index contributed by atoms with van der Waals surface area (Å²) in [6, 6.07) is 16.5. The summed E-state index contributed by atoms with van der Waals surface area (Å²) >= 11 is 12.2. The van der Waals surface area contributed by atoms with Gasteiger partial charge in [-0.3, -0.25) is 9.59 Å². The normalized spacial score (nSPS) is 10.7. The first kappa shape index (κ1) is 21.9. The first-order valence-electron chi connectivity index (χ1n) is 9.61. The number of nitrogens with zero attached hydrogens (tertiary/aromatic N) is 3. The van der Waals surface area contributed by atoms with Crippen LogP contribution in [-0.4, -0.2) is 39.6 Å². The molecule has 0 unspecified atom stereocenters. The second kappa shape index (κ2) is 9.78. The highest BCUT2D eigenvalue weighted by atomic mass is 35.5. The van der Waals surface area contributed by atoms with Crippen LogP contribution in [0.5, 0.6) is 0 Å². The number of halogens is 2. The standard InChI is InChI=1S/C22H22Cl2N4O2/c1-3-22(30)27(4-2)14-21(29)25-20-13-19(15-8-6-5-7-9-15)26-28(20)16-10-11-17(23)18(24)12-16/h5-13H,3-4,14H2,1-2H3,(H,25,29). The van der Waals surface area contributed by atoms with Crippen molar-refractivity contribution in [2.45, 2.75) is 20.3 Å². The average molecular weight is 445 g/mol. The number of hydrogen-bond donors (Lipinski definition) is 1. The SMILES string of the molecule is CCC(=O)N(CC)CC(=O)Nc1cc(-c2ccccc2)nn1-c1ccc(Cl)c(Cl)c1. The molecular formula is C22H22Cl2N4O2. The van der Waals surface area contributed by atoms with Crippen molar-refractivity contribution in [1.29, 1.82) is 0 Å². The lowest BCUT2D eigenvalue weighted by Gasteiger charge is -2.19. The summed E-state index contributed by atoms with van der Waals surface area (Å²) in [5.41, 5.74) is 2.25. The van der Waals surface area contributed by atoms with Crippen LogP contribution in [-0.2, 0) is 9.59 Å². The molecule has 0 saturated carbocycles. The van der Waals surface area contributed by atoms with Crippen LogP contribution in [0.3, 0.4) is 0 Å². The van der Waals surface area contributed by atoms with Gasteiger partial charge >= 0.3 is 0 Å². The first-order chi connectivity index (χ1) is 14.4. The molecule has 0 aliphatic heterocycles. The molecule has 0 fully saturated rings. The lowest BCUT2D eigenvalue weighted by Crippen LogP contribution is -2.37. The highest BCUT2D eigenvalue weighted by Gasteiger charge is 2.18. The first-order valence-corrected chi connectivity index (χ1v) is 10.4. The van der Waals surface area contributed by atoms with Crippen LogP contribution >= 0.6 is 23.2 Å². The van der Waals surface area contributed by atoms with Gasteiger partial charge in [-0.1, -0.05) is 60.5 Å². The Balaban J connectivity index is 1.95. The third-order valence-corrected chi connectivity index (χ3v) is 5.30. The maximum absolute atomic E-state index is 12.7. The third-order valence-electron chi connectivity index (χ3n) is 4.57. The van der Waals surface area contributed by atoms with E-state index < -0.39 is 0 Å². The lowest BCUT2D eigenvalue weighted by atomic mass is 10.1. The van der Waals surface area contributed by atoms with Gasteiger partial charge in [-0.2, -0.15) is 5.10 Å². The van der Waals surface area contributed by atoms with Crippen LogP contribution in [0.15, 0.2) is 54.6 Å². The van der Waals surface area contributed by atoms with E-state index in [-0.39, 0.29) is 18.4 Å². The number of amides is 2. The molecule has 8 heteroatoms. The van der Waals surface area contributed by atoms with E-state index in [0.717, 1.165) is 5.56 Å². The monoisotopic (exact) mass is 444 g/mol. The Bertz CT molecular complexity index is 1050. The molecule has 6 nitrogen and oxygen atoms in total. The molecule has 3 rings (SSSR count). The number of aromatic nitrogens is 2. The van der Waals surface area contributed by atoms with Crippen molar-refractivity contribution in [3.8, 4) is 16.9 Å². The van der Waals surface area contributed by atoms with Crippen LogP contribution in [0.1, 0.15) is 20.3 Å². The van der Waals surface area contributed by atoms with Crippen molar-refractivity contribution >= 4 is 40.8 Å². The zero-order chi connectivity index (χ0) is 21.7. The van der Waals surface area contributed by atoms with Crippen molar-refractivity contribution in [2.24, 2.45) is 0 Å². The van der Waals surface area contributed by atoms with E-state index in [0.29, 0.717) is 40.2 Å². The predicted octanol–water partition coefficient (Wildman–Crippen LogP) is 5.04. The molecule has 3 aromatic rings. The van der Waals surface area contributed by atoms with Crippen LogP contribution in [0.25, 0.3) is 16.9 Å². The quantitative estimate of drug-likeness (QED) is 0.554. The Hall–Kier alpha value is -2.83. The van der Waals surface area contributed by atoms with Gasteiger partial charge in [-0.15, -0.1) is 0 Å². The Morgan fingerprint density at radius 2 is 1.77 bits per heavy atom. The molecule has 2 amide bonds. The van der Waals surface area contributed by atoms with Crippen molar-refractivity contribution < 1.29 is 9.59 Å². The van der Waals surface area contributed by atoms with E-state index >= 15 is 0 Å². The third kappa shape index (κ3) is 5.01. The van der Waals surface area contributed by atoms with E-state index in [1.54, 1.807) is 35.9 Å². The van der Waals surface area contributed by atoms with Crippen molar-refractivity contribution in [3.05, 3.63) is 64.6 Å². The molecule has 0 bridgehead atoms. The summed E-state index contributed by atoms with van der Waals surface area (Å²) < 4.78 is 1.60. The van der Waals surface area contributed by atoms with Crippen LogP contribution < -0.4 is 5.32 Å². The second-order valence-electron chi connectivity index (χ2n) is 6.60. The molecule has 1 heterocycles. The number of anilines is 1. The van der Waals surface area contributed by atoms with E-state index in [9.17, 15) is 9.59 Å². The lowest BCUT2D eigenvalue weighted by molar-refractivity contribution is -0.134. The van der Waals surface area contributed by atoms with Gasteiger partial charge in [-0.25, -0.2) is 4.68 Å². The summed E-state index contributed by atoms with van der Waals surface area (Å²) in [5, 5.41) is 8.33. The fraction of sp³-hybridized carbons (Fsp3) is 0.227. The molecule has 1 aromatic heterocycles. The van der Waals surface area contributed by atoms with Gasteiger partial charge < -0.3 is 10.2 Å². The average Bonchev–Trinajstić information content (AvgIpc) is 3.17. The summed E-state index contributed by atoms with van der Waals surface area (Å²) in [5.74, 6) is 0.0901. The maximum Gasteiger partial charge on any atom is 0.245 e. The number of carbonyl (C=O) groups excluding carboxylic acids is 2. The molecule has 0 spiro atoms. The molecule has 0 aliphatic carbocycles. The number of benzene rings is 2. The van der Waals surface area contributed by atoms with Crippen LogP contribution in [0.2, 0.25) is 10.0 Å². The zero-order valence-electron chi connectivity index (χ0n) is 16.7. The van der Waals surface area contributed by atoms with Crippen LogP contribution in [0, 0.1) is 0 Å². The van der Waals surface area contributed by atoms with Gasteiger partial charge in [0.05, 0.1) is 28.0 Å². The summed E-state index contributed by atoms with van der Waals surface area (Å²) in [6.07, 6.45) is 0.348. The van der Waals surface area contributed by atoms with Gasteiger partial charge in [0.15, 0.2) is 0 Å². The molecule has 0 aliphatic rings. The molecule has 0 atom stereocenters. The number of rotatable bonds is 7. The van der Waals surface area contributed by atoms with Crippen molar-refractivity contribution in [3.63, 3.8) is 0 Å². The van der Waals surface area contributed by atoms with E-state index in [4.69, 9.17) is 23.2 Å². The molecule has 0 saturated heterocycles. The molecule has 156 valence electrons. The van der Waals surface area contributed by atoms with E-state index in [1.165, 1.54) is 4.90 Å². The minimum absolute atomic E-state index is 0.0314. The Labute approximate surface area is 185 Å². The van der Waals surface area contributed by atoms with E-state index in [2.05, 4.69) is 10.4 Å². The Kier molecular flexibility index (Phi) is 7.13. The Morgan fingerprint density at radius 3 is 2.40 bits per heavy atom. The largest absolute Gasteiger partial charge is 0.334 e. The molecule has 1 N–H and O–H groups in total. The summed E-state index contributed by atoms with van der Waals surface area (Å²) in [4.78, 5) is 26.1.